The molecule has 84 valence electrons. The van der Waals surface area contributed by atoms with Crippen LogP contribution in [0.5, 0.6) is 0 Å². The van der Waals surface area contributed by atoms with E-state index >= 15 is 0 Å². The Morgan fingerprint density at radius 1 is 1.27 bits per heavy atom. The average Bonchev–Trinajstić information content (AvgIpc) is 1.99. The van der Waals surface area contributed by atoms with Crippen LogP contribution in [0.4, 0.5) is 5.69 Å². The van der Waals surface area contributed by atoms with Gasteiger partial charge in [0.1, 0.15) is 0 Å². The van der Waals surface area contributed by atoms with E-state index in [-0.39, 0.29) is 0 Å². The van der Waals surface area contributed by atoms with Crippen molar-refractivity contribution in [3.63, 3.8) is 0 Å². The van der Waals surface area contributed by atoms with Crippen LogP contribution in [0.25, 0.3) is 0 Å². The molecule has 3 heteroatoms. The van der Waals surface area contributed by atoms with Gasteiger partial charge in [-0.3, -0.25) is 0 Å². The van der Waals surface area contributed by atoms with E-state index in [0.29, 0.717) is 6.54 Å². The zero-order valence-corrected chi connectivity index (χ0v) is 11.3. The lowest BCUT2D eigenvalue weighted by Crippen LogP contribution is -2.29. The molecule has 1 aromatic carbocycles. The van der Waals surface area contributed by atoms with Crippen molar-refractivity contribution in [2.45, 2.75) is 33.3 Å². The highest BCUT2D eigenvalue weighted by molar-refractivity contribution is 9.10. The lowest BCUT2D eigenvalue weighted by molar-refractivity contribution is 0.0945. The van der Waals surface area contributed by atoms with Crippen LogP contribution in [0, 0.1) is 13.8 Å². The van der Waals surface area contributed by atoms with E-state index in [1.54, 1.807) is 13.8 Å². The van der Waals surface area contributed by atoms with Gasteiger partial charge in [-0.05, 0) is 51.0 Å². The number of anilines is 1. The first kappa shape index (κ1) is 12.5. The maximum absolute atomic E-state index is 9.64. The Morgan fingerprint density at radius 3 is 2.13 bits per heavy atom. The van der Waals surface area contributed by atoms with Crippen molar-refractivity contribution in [1.82, 2.24) is 0 Å². The standard InChI is InChI=1S/C12H18BrNO/c1-8-5-10(13)6-9(2)11(8)14-7-12(3,4)15/h5-6,14-15H,7H2,1-4H3. The summed E-state index contributed by atoms with van der Waals surface area (Å²) in [4.78, 5) is 0. The largest absolute Gasteiger partial charge is 0.389 e. The molecule has 0 aliphatic heterocycles. The van der Waals surface area contributed by atoms with E-state index in [0.717, 1.165) is 10.2 Å². The van der Waals surface area contributed by atoms with Gasteiger partial charge in [-0.2, -0.15) is 0 Å². The lowest BCUT2D eigenvalue weighted by Gasteiger charge is -2.21. The molecule has 0 saturated carbocycles. The van der Waals surface area contributed by atoms with Gasteiger partial charge in [-0.25, -0.2) is 0 Å². The third-order valence-corrected chi connectivity index (χ3v) is 2.65. The number of hydrogen-bond donors (Lipinski definition) is 2. The van der Waals surface area contributed by atoms with E-state index in [4.69, 9.17) is 0 Å². The van der Waals surface area contributed by atoms with Crippen LogP contribution in [0.1, 0.15) is 25.0 Å². The van der Waals surface area contributed by atoms with Crippen LogP contribution in [0.15, 0.2) is 16.6 Å². The Balaban J connectivity index is 2.86. The van der Waals surface area contributed by atoms with Crippen molar-refractivity contribution in [2.75, 3.05) is 11.9 Å². The summed E-state index contributed by atoms with van der Waals surface area (Å²) in [5, 5.41) is 12.9. The molecular weight excluding hydrogens is 254 g/mol. The fraction of sp³-hybridized carbons (Fsp3) is 0.500. The molecule has 1 aromatic rings. The van der Waals surface area contributed by atoms with E-state index in [1.807, 2.05) is 0 Å². The molecule has 0 aromatic heterocycles. The number of hydrogen-bond acceptors (Lipinski definition) is 2. The SMILES string of the molecule is Cc1cc(Br)cc(C)c1NCC(C)(C)O. The second kappa shape index (κ2) is 4.54. The average molecular weight is 272 g/mol. The topological polar surface area (TPSA) is 32.3 Å². The molecule has 0 saturated heterocycles. The van der Waals surface area contributed by atoms with E-state index < -0.39 is 5.60 Å². The number of nitrogens with one attached hydrogen (secondary N) is 1. The van der Waals surface area contributed by atoms with Gasteiger partial charge in [-0.1, -0.05) is 15.9 Å². The molecule has 0 aliphatic carbocycles. The normalized spacial score (nSPS) is 11.6. The van der Waals surface area contributed by atoms with Crippen LogP contribution in [0.3, 0.4) is 0 Å². The first-order chi connectivity index (χ1) is 6.79. The molecule has 0 radical (unpaired) electrons. The summed E-state index contributed by atoms with van der Waals surface area (Å²) in [5.74, 6) is 0. The van der Waals surface area contributed by atoms with Crippen LogP contribution in [-0.4, -0.2) is 17.3 Å². The van der Waals surface area contributed by atoms with Crippen molar-refractivity contribution < 1.29 is 5.11 Å². The molecule has 2 nitrogen and oxygen atoms in total. The Hall–Kier alpha value is -0.540. The van der Waals surface area contributed by atoms with Crippen molar-refractivity contribution in [3.8, 4) is 0 Å². The minimum atomic E-state index is -0.689. The zero-order valence-electron chi connectivity index (χ0n) is 9.69. The highest BCUT2D eigenvalue weighted by Crippen LogP contribution is 2.25. The predicted octanol–water partition coefficient (Wildman–Crippen LogP) is 3.25. The molecule has 0 bridgehead atoms. The second-order valence-corrected chi connectivity index (χ2v) is 5.50. The van der Waals surface area contributed by atoms with Gasteiger partial charge >= 0.3 is 0 Å². The third-order valence-electron chi connectivity index (χ3n) is 2.20. The molecular formula is C12H18BrNO. The summed E-state index contributed by atoms with van der Waals surface area (Å²) in [7, 11) is 0. The molecule has 0 atom stereocenters. The molecule has 0 amide bonds. The molecule has 0 aliphatic rings. The van der Waals surface area contributed by atoms with E-state index in [1.165, 1.54) is 11.1 Å². The Labute approximate surface area is 99.8 Å². The number of aryl methyl sites for hydroxylation is 2. The van der Waals surface area contributed by atoms with Crippen molar-refractivity contribution in [3.05, 3.63) is 27.7 Å². The monoisotopic (exact) mass is 271 g/mol. The van der Waals surface area contributed by atoms with Crippen LogP contribution in [0.2, 0.25) is 0 Å². The lowest BCUT2D eigenvalue weighted by atomic mass is 10.1. The first-order valence-electron chi connectivity index (χ1n) is 5.02. The first-order valence-corrected chi connectivity index (χ1v) is 5.82. The van der Waals surface area contributed by atoms with Gasteiger partial charge in [0.05, 0.1) is 5.60 Å². The van der Waals surface area contributed by atoms with Crippen molar-refractivity contribution in [1.29, 1.82) is 0 Å². The highest BCUT2D eigenvalue weighted by atomic mass is 79.9. The van der Waals surface area contributed by atoms with E-state index in [2.05, 4.69) is 47.2 Å². The predicted molar refractivity (Wildman–Crippen MR) is 68.4 cm³/mol. The van der Waals surface area contributed by atoms with Gasteiger partial charge < -0.3 is 10.4 Å². The Bertz CT molecular complexity index is 332. The number of benzene rings is 1. The minimum absolute atomic E-state index is 0.552. The summed E-state index contributed by atoms with van der Waals surface area (Å²) >= 11 is 3.46. The van der Waals surface area contributed by atoms with Gasteiger partial charge in [-0.15, -0.1) is 0 Å². The van der Waals surface area contributed by atoms with Gasteiger partial charge in [0.25, 0.3) is 0 Å². The van der Waals surface area contributed by atoms with Crippen molar-refractivity contribution in [2.24, 2.45) is 0 Å². The fourth-order valence-electron chi connectivity index (χ4n) is 1.49. The van der Waals surface area contributed by atoms with E-state index in [9.17, 15) is 5.11 Å². The second-order valence-electron chi connectivity index (χ2n) is 4.58. The fourth-order valence-corrected chi connectivity index (χ4v) is 2.18. The summed E-state index contributed by atoms with van der Waals surface area (Å²) in [6, 6.07) is 4.14. The Morgan fingerprint density at radius 2 is 1.73 bits per heavy atom. The van der Waals surface area contributed by atoms with Gasteiger partial charge in [0, 0.05) is 16.7 Å². The molecule has 0 spiro atoms. The molecule has 0 fully saturated rings. The zero-order chi connectivity index (χ0) is 11.6. The van der Waals surface area contributed by atoms with Crippen molar-refractivity contribution >= 4 is 21.6 Å². The van der Waals surface area contributed by atoms with Gasteiger partial charge in [0.2, 0.25) is 0 Å². The van der Waals surface area contributed by atoms with Gasteiger partial charge in [0.15, 0.2) is 0 Å². The number of aliphatic hydroxyl groups is 1. The summed E-state index contributed by atoms with van der Waals surface area (Å²) in [6.07, 6.45) is 0. The third kappa shape index (κ3) is 3.84. The summed E-state index contributed by atoms with van der Waals surface area (Å²) < 4.78 is 1.09. The molecule has 1 rings (SSSR count). The highest BCUT2D eigenvalue weighted by Gasteiger charge is 2.13. The minimum Gasteiger partial charge on any atom is -0.389 e. The Kier molecular flexibility index (Phi) is 3.79. The molecule has 0 heterocycles. The number of halogens is 1. The quantitative estimate of drug-likeness (QED) is 0.885. The van der Waals surface area contributed by atoms with Crippen LogP contribution >= 0.6 is 15.9 Å². The smallest absolute Gasteiger partial charge is 0.0763 e. The van der Waals surface area contributed by atoms with Crippen LogP contribution in [-0.2, 0) is 0 Å². The maximum atomic E-state index is 9.64. The molecule has 0 unspecified atom stereocenters. The van der Waals surface area contributed by atoms with Crippen LogP contribution < -0.4 is 5.32 Å². The summed E-state index contributed by atoms with van der Waals surface area (Å²) in [5.41, 5.74) is 2.80. The number of rotatable bonds is 3. The summed E-state index contributed by atoms with van der Waals surface area (Å²) in [6.45, 7) is 8.26. The molecule has 15 heavy (non-hydrogen) atoms. The molecule has 2 N–H and O–H groups in total. The maximum Gasteiger partial charge on any atom is 0.0763 e.